The van der Waals surface area contributed by atoms with Gasteiger partial charge < -0.3 is 0 Å². The van der Waals surface area contributed by atoms with Gasteiger partial charge in [0, 0.05) is 9.90 Å². The molecule has 0 spiro atoms. The predicted molar refractivity (Wildman–Crippen MR) is 106 cm³/mol. The van der Waals surface area contributed by atoms with Gasteiger partial charge in [-0.25, -0.2) is 8.42 Å². The van der Waals surface area contributed by atoms with E-state index in [0.29, 0.717) is 9.90 Å². The highest BCUT2D eigenvalue weighted by atomic mass is 35.5. The summed E-state index contributed by atoms with van der Waals surface area (Å²) in [6.45, 7) is 0. The Morgan fingerprint density at radius 2 is 1.70 bits per heavy atom. The van der Waals surface area contributed by atoms with Crippen LogP contribution in [-0.4, -0.2) is 14.3 Å². The number of amides is 1. The van der Waals surface area contributed by atoms with Crippen molar-refractivity contribution in [3.8, 4) is 10.4 Å². The number of hydrogen-bond acceptors (Lipinski definition) is 4. The van der Waals surface area contributed by atoms with Gasteiger partial charge in [0.2, 0.25) is 0 Å². The van der Waals surface area contributed by atoms with Gasteiger partial charge in [-0.2, -0.15) is 0 Å². The molecule has 0 bridgehead atoms. The number of carbonyl (C=O) groups excluding carboxylic acids is 1. The summed E-state index contributed by atoms with van der Waals surface area (Å²) in [5.41, 5.74) is 5.81. The van der Waals surface area contributed by atoms with E-state index in [4.69, 9.17) is 11.6 Å². The van der Waals surface area contributed by atoms with Crippen molar-refractivity contribution in [1.29, 1.82) is 0 Å². The second kappa shape index (κ2) is 7.09. The van der Waals surface area contributed by atoms with Gasteiger partial charge in [-0.15, -0.1) is 16.2 Å². The van der Waals surface area contributed by atoms with E-state index in [1.165, 1.54) is 41.2 Å². The number of nitrogens with one attached hydrogen (secondary N) is 2. The zero-order valence-electron chi connectivity index (χ0n) is 14.0. The summed E-state index contributed by atoms with van der Waals surface area (Å²) < 4.78 is 24.5. The van der Waals surface area contributed by atoms with E-state index in [9.17, 15) is 13.2 Å². The molecular weight excluding hydrogens is 404 g/mol. The molecule has 0 saturated carbocycles. The number of aryl methyl sites for hydroxylation is 2. The number of benzene rings is 2. The molecular formula is C19H15ClN2O3S2. The first kappa shape index (κ1) is 18.2. The minimum atomic E-state index is -3.87. The summed E-state index contributed by atoms with van der Waals surface area (Å²) in [7, 11) is -3.87. The fourth-order valence-corrected chi connectivity index (χ4v) is 5.16. The molecule has 0 atom stereocenters. The van der Waals surface area contributed by atoms with Crippen molar-refractivity contribution >= 4 is 38.9 Å². The summed E-state index contributed by atoms with van der Waals surface area (Å²) in [5, 5.41) is 0.433. The molecule has 0 fully saturated rings. The minimum absolute atomic E-state index is 0.0200. The fourth-order valence-electron chi connectivity index (χ4n) is 3.03. The molecule has 27 heavy (non-hydrogen) atoms. The standard InChI is InChI=1S/C19H15ClN2O3S2/c20-14-7-9-15(10-8-14)27(24,25)22-21-19(23)17-11-13-6-5-12-3-1-2-4-16(12)18(13)26-17/h1-4,7-11,22H,5-6H2,(H,21,23). The molecule has 0 saturated heterocycles. The maximum Gasteiger partial charge on any atom is 0.276 e. The van der Waals surface area contributed by atoms with Crippen molar-refractivity contribution in [2.75, 3.05) is 0 Å². The molecule has 1 aliphatic rings. The highest BCUT2D eigenvalue weighted by molar-refractivity contribution is 7.89. The lowest BCUT2D eigenvalue weighted by molar-refractivity contribution is 0.0949. The second-order valence-corrected chi connectivity index (χ2v) is 9.31. The zero-order valence-corrected chi connectivity index (χ0v) is 16.4. The van der Waals surface area contributed by atoms with Crippen LogP contribution in [0.1, 0.15) is 20.8 Å². The minimum Gasteiger partial charge on any atom is -0.273 e. The molecule has 1 heterocycles. The van der Waals surface area contributed by atoms with E-state index in [2.05, 4.69) is 22.4 Å². The smallest absolute Gasteiger partial charge is 0.273 e. The normalized spacial score (nSPS) is 12.9. The lowest BCUT2D eigenvalue weighted by Gasteiger charge is -2.15. The summed E-state index contributed by atoms with van der Waals surface area (Å²) >= 11 is 7.14. The van der Waals surface area contributed by atoms with Crippen LogP contribution in [-0.2, 0) is 22.9 Å². The van der Waals surface area contributed by atoms with Gasteiger partial charge in [-0.05, 0) is 59.9 Å². The van der Waals surface area contributed by atoms with Gasteiger partial charge in [-0.3, -0.25) is 10.2 Å². The molecule has 1 aliphatic carbocycles. The molecule has 2 aromatic carbocycles. The van der Waals surface area contributed by atoms with Gasteiger partial charge in [0.05, 0.1) is 9.77 Å². The van der Waals surface area contributed by atoms with Crippen LogP contribution in [0.25, 0.3) is 10.4 Å². The third-order valence-electron chi connectivity index (χ3n) is 4.38. The number of sulfonamides is 1. The van der Waals surface area contributed by atoms with Crippen molar-refractivity contribution in [2.45, 2.75) is 17.7 Å². The SMILES string of the molecule is O=C(NNS(=O)(=O)c1ccc(Cl)cc1)c1cc2c(s1)-c1ccccc1CC2. The van der Waals surface area contributed by atoms with Gasteiger partial charge >= 0.3 is 0 Å². The number of halogens is 1. The number of rotatable bonds is 4. The summed E-state index contributed by atoms with van der Waals surface area (Å²) in [4.78, 5) is 16.1. The Balaban J connectivity index is 1.52. The van der Waals surface area contributed by atoms with Gasteiger partial charge in [-0.1, -0.05) is 35.9 Å². The topological polar surface area (TPSA) is 75.3 Å². The van der Waals surface area contributed by atoms with E-state index < -0.39 is 15.9 Å². The Labute approximate surface area is 166 Å². The fraction of sp³-hybridized carbons (Fsp3) is 0.105. The molecule has 1 amide bonds. The van der Waals surface area contributed by atoms with Crippen molar-refractivity contribution in [3.63, 3.8) is 0 Å². The van der Waals surface area contributed by atoms with E-state index in [1.807, 2.05) is 18.2 Å². The van der Waals surface area contributed by atoms with E-state index in [1.54, 1.807) is 0 Å². The van der Waals surface area contributed by atoms with Crippen LogP contribution >= 0.6 is 22.9 Å². The van der Waals surface area contributed by atoms with E-state index in [-0.39, 0.29) is 4.90 Å². The lowest BCUT2D eigenvalue weighted by Crippen LogP contribution is -2.41. The zero-order chi connectivity index (χ0) is 19.0. The molecule has 8 heteroatoms. The largest absolute Gasteiger partial charge is 0.276 e. The first-order chi connectivity index (χ1) is 12.9. The number of fused-ring (bicyclic) bond motifs is 3. The van der Waals surface area contributed by atoms with Crippen LogP contribution < -0.4 is 10.3 Å². The quantitative estimate of drug-likeness (QED) is 0.633. The monoisotopic (exact) mass is 418 g/mol. The maximum atomic E-state index is 12.5. The van der Waals surface area contributed by atoms with Crippen molar-refractivity contribution < 1.29 is 13.2 Å². The van der Waals surface area contributed by atoms with Crippen LogP contribution in [0, 0.1) is 0 Å². The molecule has 0 unspecified atom stereocenters. The number of thiophene rings is 1. The third-order valence-corrected chi connectivity index (χ3v) is 7.11. The Hall–Kier alpha value is -2.19. The predicted octanol–water partition coefficient (Wildman–Crippen LogP) is 3.79. The molecule has 1 aromatic heterocycles. The summed E-state index contributed by atoms with van der Waals surface area (Å²) in [6, 6.07) is 15.7. The van der Waals surface area contributed by atoms with Gasteiger partial charge in [0.25, 0.3) is 15.9 Å². The van der Waals surface area contributed by atoms with Crippen LogP contribution in [0.5, 0.6) is 0 Å². The maximum absolute atomic E-state index is 12.5. The molecule has 4 rings (SSSR count). The summed E-state index contributed by atoms with van der Waals surface area (Å²) in [5.74, 6) is -0.482. The van der Waals surface area contributed by atoms with Gasteiger partial charge in [0.15, 0.2) is 0 Å². The molecule has 3 aromatic rings. The van der Waals surface area contributed by atoms with Crippen LogP contribution in [0.15, 0.2) is 59.5 Å². The molecule has 2 N–H and O–H groups in total. The molecule has 138 valence electrons. The molecule has 0 aliphatic heterocycles. The van der Waals surface area contributed by atoms with Gasteiger partial charge in [0.1, 0.15) is 0 Å². The van der Waals surface area contributed by atoms with E-state index >= 15 is 0 Å². The molecule has 0 radical (unpaired) electrons. The Morgan fingerprint density at radius 1 is 1.00 bits per heavy atom. The number of carbonyl (C=O) groups is 1. The Kier molecular flexibility index (Phi) is 4.77. The lowest BCUT2D eigenvalue weighted by atomic mass is 9.91. The van der Waals surface area contributed by atoms with Crippen LogP contribution in [0.4, 0.5) is 0 Å². The summed E-state index contributed by atoms with van der Waals surface area (Å²) in [6.07, 6.45) is 1.80. The van der Waals surface area contributed by atoms with Crippen LogP contribution in [0.3, 0.4) is 0 Å². The van der Waals surface area contributed by atoms with Crippen molar-refractivity contribution in [2.24, 2.45) is 0 Å². The third kappa shape index (κ3) is 3.64. The van der Waals surface area contributed by atoms with Crippen LogP contribution in [0.2, 0.25) is 5.02 Å². The first-order valence-corrected chi connectivity index (χ1v) is 10.9. The second-order valence-electron chi connectivity index (χ2n) is 6.14. The Morgan fingerprint density at radius 3 is 2.48 bits per heavy atom. The van der Waals surface area contributed by atoms with Crippen molar-refractivity contribution in [1.82, 2.24) is 10.3 Å². The van der Waals surface area contributed by atoms with Crippen molar-refractivity contribution in [3.05, 3.63) is 75.6 Å². The first-order valence-electron chi connectivity index (χ1n) is 8.23. The average Bonchev–Trinajstić information content (AvgIpc) is 3.11. The molecule has 5 nitrogen and oxygen atoms in total. The highest BCUT2D eigenvalue weighted by Crippen LogP contribution is 2.39. The van der Waals surface area contributed by atoms with E-state index in [0.717, 1.165) is 28.8 Å². The number of hydrogen-bond donors (Lipinski definition) is 2. The Bertz CT molecular complexity index is 1120. The highest BCUT2D eigenvalue weighted by Gasteiger charge is 2.22. The average molecular weight is 419 g/mol. The number of hydrazine groups is 1.